The maximum atomic E-state index is 13.9. The third-order valence-corrected chi connectivity index (χ3v) is 7.04. The molecule has 0 fully saturated rings. The molecule has 166 valence electrons. The summed E-state index contributed by atoms with van der Waals surface area (Å²) in [5.74, 6) is 1.59. The monoisotopic (exact) mass is 459 g/mol. The molecule has 0 atom stereocenters. The SMILES string of the molecule is COc1cc2nc(-c3ccccc3)nc(C(C)=C3Sc4ccc(F)cc4N3C)c2cc1OC. The maximum absolute atomic E-state index is 13.9. The van der Waals surface area contributed by atoms with Gasteiger partial charge in [0.2, 0.25) is 0 Å². The first-order valence-corrected chi connectivity index (χ1v) is 11.2. The van der Waals surface area contributed by atoms with Crippen molar-refractivity contribution in [2.45, 2.75) is 11.8 Å². The Bertz CT molecular complexity index is 1410. The second-order valence-corrected chi connectivity index (χ2v) is 8.72. The van der Waals surface area contributed by atoms with E-state index in [0.29, 0.717) is 17.3 Å². The van der Waals surface area contributed by atoms with Gasteiger partial charge >= 0.3 is 0 Å². The van der Waals surface area contributed by atoms with Crippen molar-refractivity contribution in [3.05, 3.63) is 77.2 Å². The molecule has 0 amide bonds. The molecule has 0 bridgehead atoms. The lowest BCUT2D eigenvalue weighted by atomic mass is 10.1. The van der Waals surface area contributed by atoms with Crippen LogP contribution in [-0.2, 0) is 0 Å². The minimum atomic E-state index is -0.254. The van der Waals surface area contributed by atoms with Crippen LogP contribution in [0.25, 0.3) is 27.9 Å². The summed E-state index contributed by atoms with van der Waals surface area (Å²) < 4.78 is 25.0. The molecule has 5 rings (SSSR count). The van der Waals surface area contributed by atoms with Crippen LogP contribution in [0.5, 0.6) is 11.5 Å². The Morgan fingerprint density at radius 2 is 1.67 bits per heavy atom. The quantitative estimate of drug-likeness (QED) is 0.353. The predicted octanol–water partition coefficient (Wildman–Crippen LogP) is 6.38. The van der Waals surface area contributed by atoms with Crippen LogP contribution in [-0.4, -0.2) is 31.2 Å². The zero-order chi connectivity index (χ0) is 23.1. The van der Waals surface area contributed by atoms with Gasteiger partial charge in [-0.2, -0.15) is 0 Å². The number of nitrogens with zero attached hydrogens (tertiary/aromatic N) is 3. The zero-order valence-corrected chi connectivity index (χ0v) is 19.5. The summed E-state index contributed by atoms with van der Waals surface area (Å²) in [7, 11) is 5.17. The molecular weight excluding hydrogens is 437 g/mol. The number of thioether (sulfide) groups is 1. The fourth-order valence-corrected chi connectivity index (χ4v) is 5.14. The van der Waals surface area contributed by atoms with Crippen molar-refractivity contribution in [3.63, 3.8) is 0 Å². The highest BCUT2D eigenvalue weighted by molar-refractivity contribution is 8.04. The minimum Gasteiger partial charge on any atom is -0.493 e. The first-order chi connectivity index (χ1) is 16.0. The molecule has 33 heavy (non-hydrogen) atoms. The van der Waals surface area contributed by atoms with Crippen molar-refractivity contribution in [2.75, 3.05) is 26.2 Å². The number of methoxy groups -OCH3 is 2. The van der Waals surface area contributed by atoms with E-state index in [1.165, 1.54) is 6.07 Å². The molecule has 0 N–H and O–H groups in total. The Balaban J connectivity index is 1.76. The lowest BCUT2D eigenvalue weighted by molar-refractivity contribution is 0.356. The minimum absolute atomic E-state index is 0.254. The lowest BCUT2D eigenvalue weighted by Gasteiger charge is -2.18. The van der Waals surface area contributed by atoms with E-state index in [4.69, 9.17) is 19.4 Å². The van der Waals surface area contributed by atoms with E-state index in [1.807, 2.05) is 67.4 Å². The van der Waals surface area contributed by atoms with Crippen molar-refractivity contribution in [1.29, 1.82) is 0 Å². The average Bonchev–Trinajstić information content (AvgIpc) is 3.18. The van der Waals surface area contributed by atoms with Gasteiger partial charge in [-0.3, -0.25) is 0 Å². The van der Waals surface area contributed by atoms with E-state index < -0.39 is 0 Å². The van der Waals surface area contributed by atoms with Crippen molar-refractivity contribution in [3.8, 4) is 22.9 Å². The van der Waals surface area contributed by atoms with Crippen LogP contribution in [0.2, 0.25) is 0 Å². The number of aromatic nitrogens is 2. The zero-order valence-electron chi connectivity index (χ0n) is 18.7. The number of benzene rings is 3. The molecule has 1 aromatic heterocycles. The molecule has 4 aromatic rings. The average molecular weight is 460 g/mol. The molecule has 1 aliphatic heterocycles. The molecule has 0 aliphatic carbocycles. The van der Waals surface area contributed by atoms with Gasteiger partial charge in [-0.05, 0) is 31.2 Å². The summed E-state index contributed by atoms with van der Waals surface area (Å²) >= 11 is 1.61. The number of fused-ring (bicyclic) bond motifs is 2. The molecule has 0 saturated carbocycles. The van der Waals surface area contributed by atoms with Crippen molar-refractivity contribution < 1.29 is 13.9 Å². The number of ether oxygens (including phenoxy) is 2. The van der Waals surface area contributed by atoms with Crippen LogP contribution < -0.4 is 14.4 Å². The first-order valence-electron chi connectivity index (χ1n) is 10.4. The van der Waals surface area contributed by atoms with Gasteiger partial charge in [0.25, 0.3) is 0 Å². The second kappa shape index (κ2) is 8.41. The Morgan fingerprint density at radius 1 is 0.939 bits per heavy atom. The van der Waals surface area contributed by atoms with Crippen LogP contribution >= 0.6 is 11.8 Å². The molecular formula is C26H22FN3O2S. The lowest BCUT2D eigenvalue weighted by Crippen LogP contribution is -2.12. The maximum Gasteiger partial charge on any atom is 0.162 e. The molecule has 1 aliphatic rings. The van der Waals surface area contributed by atoms with E-state index in [2.05, 4.69) is 0 Å². The predicted molar refractivity (Wildman–Crippen MR) is 131 cm³/mol. The molecule has 0 spiro atoms. The highest BCUT2D eigenvalue weighted by Gasteiger charge is 2.26. The third-order valence-electron chi connectivity index (χ3n) is 5.70. The summed E-state index contributed by atoms with van der Waals surface area (Å²) in [6.45, 7) is 2.04. The van der Waals surface area contributed by atoms with Crippen LogP contribution in [0.4, 0.5) is 10.1 Å². The molecule has 0 unspecified atom stereocenters. The van der Waals surface area contributed by atoms with Crippen molar-refractivity contribution >= 4 is 33.9 Å². The van der Waals surface area contributed by atoms with Gasteiger partial charge < -0.3 is 14.4 Å². The van der Waals surface area contributed by atoms with Crippen LogP contribution in [0.15, 0.2) is 70.6 Å². The van der Waals surface area contributed by atoms with Crippen LogP contribution in [0.3, 0.4) is 0 Å². The molecule has 3 aromatic carbocycles. The molecule has 7 heteroatoms. The fraction of sp³-hybridized carbons (Fsp3) is 0.154. The van der Waals surface area contributed by atoms with E-state index in [0.717, 1.165) is 43.3 Å². The standard InChI is InChI=1S/C26H22FN3O2S/c1-15(26-30(2)20-12-17(27)10-11-23(20)33-26)24-18-13-21(31-3)22(32-4)14-19(18)28-25(29-24)16-8-6-5-7-9-16/h5-14H,1-4H3. The van der Waals surface area contributed by atoms with Gasteiger partial charge in [-0.15, -0.1) is 0 Å². The third kappa shape index (κ3) is 3.68. The largest absolute Gasteiger partial charge is 0.493 e. The summed E-state index contributed by atoms with van der Waals surface area (Å²) in [6.07, 6.45) is 0. The van der Waals surface area contributed by atoms with E-state index >= 15 is 0 Å². The van der Waals surface area contributed by atoms with Crippen molar-refractivity contribution in [1.82, 2.24) is 9.97 Å². The Morgan fingerprint density at radius 3 is 2.39 bits per heavy atom. The second-order valence-electron chi connectivity index (χ2n) is 7.69. The van der Waals surface area contributed by atoms with Gasteiger partial charge in [-0.25, -0.2) is 14.4 Å². The molecule has 2 heterocycles. The molecule has 0 saturated heterocycles. The van der Waals surface area contributed by atoms with Gasteiger partial charge in [0.05, 0.1) is 36.1 Å². The number of halogens is 1. The van der Waals surface area contributed by atoms with Gasteiger partial charge in [-0.1, -0.05) is 42.1 Å². The van der Waals surface area contributed by atoms with E-state index in [1.54, 1.807) is 32.0 Å². The number of anilines is 1. The number of allylic oxidation sites excluding steroid dienone is 1. The Labute approximate surface area is 195 Å². The molecule has 5 nitrogen and oxygen atoms in total. The Kier molecular flexibility index (Phi) is 5.42. The number of hydrogen-bond acceptors (Lipinski definition) is 6. The first kappa shape index (κ1) is 21.3. The highest BCUT2D eigenvalue weighted by atomic mass is 32.2. The van der Waals surface area contributed by atoms with Crippen LogP contribution in [0.1, 0.15) is 12.6 Å². The normalized spacial score (nSPS) is 14.4. The van der Waals surface area contributed by atoms with Gasteiger partial charge in [0.1, 0.15) is 5.82 Å². The van der Waals surface area contributed by atoms with Gasteiger partial charge in [0, 0.05) is 34.5 Å². The number of hydrogen-bond donors (Lipinski definition) is 0. The number of rotatable bonds is 4. The van der Waals surface area contributed by atoms with Crippen molar-refractivity contribution in [2.24, 2.45) is 0 Å². The summed E-state index contributed by atoms with van der Waals surface area (Å²) in [5.41, 5.74) is 4.28. The summed E-state index contributed by atoms with van der Waals surface area (Å²) in [5, 5.41) is 1.85. The summed E-state index contributed by atoms with van der Waals surface area (Å²) in [4.78, 5) is 12.8. The van der Waals surface area contributed by atoms with Crippen LogP contribution in [0, 0.1) is 5.82 Å². The van der Waals surface area contributed by atoms with E-state index in [9.17, 15) is 4.39 Å². The van der Waals surface area contributed by atoms with E-state index in [-0.39, 0.29) is 5.82 Å². The molecule has 0 radical (unpaired) electrons. The Hall–Kier alpha value is -3.58. The van der Waals surface area contributed by atoms with Gasteiger partial charge in [0.15, 0.2) is 17.3 Å². The fourth-order valence-electron chi connectivity index (χ4n) is 4.01. The smallest absolute Gasteiger partial charge is 0.162 e. The summed E-state index contributed by atoms with van der Waals surface area (Å²) in [6, 6.07) is 18.5. The highest BCUT2D eigenvalue weighted by Crippen LogP contribution is 2.48. The topological polar surface area (TPSA) is 47.5 Å².